The van der Waals surface area contributed by atoms with E-state index in [1.807, 2.05) is 60.7 Å². The largest absolute Gasteiger partial charge is 0.335 e. The highest BCUT2D eigenvalue weighted by atomic mass is 16.2. The van der Waals surface area contributed by atoms with Gasteiger partial charge in [-0.05, 0) is 97.5 Å². The monoisotopic (exact) mass is 480 g/mol. The fraction of sp³-hybridized carbons (Fsp3) is 0.276. The Hall–Kier alpha value is -4.31. The molecule has 7 nitrogen and oxygen atoms in total. The lowest BCUT2D eigenvalue weighted by atomic mass is 9.82. The highest BCUT2D eigenvalue weighted by molar-refractivity contribution is 5.89. The maximum atomic E-state index is 12.5. The van der Waals surface area contributed by atoms with Crippen molar-refractivity contribution in [2.24, 2.45) is 15.9 Å². The van der Waals surface area contributed by atoms with Crippen LogP contribution in [0.5, 0.6) is 0 Å². The van der Waals surface area contributed by atoms with Crippen LogP contribution in [-0.2, 0) is 22.4 Å². The second-order valence-electron chi connectivity index (χ2n) is 9.13. The van der Waals surface area contributed by atoms with Crippen LogP contribution >= 0.6 is 0 Å². The number of anilines is 1. The molecular formula is C29H28N4O3. The molecule has 0 aromatic heterocycles. The molecule has 0 aliphatic heterocycles. The lowest BCUT2D eigenvalue weighted by Crippen LogP contribution is -2.40. The Balaban J connectivity index is 1.19. The number of benzene rings is 3. The van der Waals surface area contributed by atoms with Crippen molar-refractivity contribution in [2.45, 2.75) is 44.6 Å². The average molecular weight is 481 g/mol. The van der Waals surface area contributed by atoms with Crippen LogP contribution in [0.2, 0.25) is 0 Å². The summed E-state index contributed by atoms with van der Waals surface area (Å²) in [6.45, 7) is 0. The molecule has 2 amide bonds. The number of hydrogen-bond donors (Lipinski definition) is 2. The summed E-state index contributed by atoms with van der Waals surface area (Å²) in [7, 11) is 0. The molecule has 0 atom stereocenters. The normalized spacial score (nSPS) is 16.8. The summed E-state index contributed by atoms with van der Waals surface area (Å²) >= 11 is 0. The Labute approximate surface area is 210 Å². The minimum absolute atomic E-state index is 0.177. The van der Waals surface area contributed by atoms with Crippen LogP contribution in [0.4, 0.5) is 21.9 Å². The summed E-state index contributed by atoms with van der Waals surface area (Å²) in [5, 5.41) is 6.04. The molecule has 0 spiro atoms. The van der Waals surface area contributed by atoms with Gasteiger partial charge in [-0.1, -0.05) is 36.4 Å². The van der Waals surface area contributed by atoms with Gasteiger partial charge in [0.05, 0.1) is 11.4 Å². The number of carbonyl (C=O) groups is 1. The topological polar surface area (TPSA) is 100.0 Å². The van der Waals surface area contributed by atoms with Gasteiger partial charge in [0.1, 0.15) is 0 Å². The van der Waals surface area contributed by atoms with Crippen LogP contribution in [0.15, 0.2) is 82.8 Å². The fourth-order valence-electron chi connectivity index (χ4n) is 4.64. The Morgan fingerprint density at radius 2 is 1.22 bits per heavy atom. The second kappa shape index (κ2) is 12.4. The predicted molar refractivity (Wildman–Crippen MR) is 139 cm³/mol. The molecule has 1 aliphatic carbocycles. The van der Waals surface area contributed by atoms with Gasteiger partial charge in [0.15, 0.2) is 0 Å². The van der Waals surface area contributed by atoms with Crippen molar-refractivity contribution in [3.63, 3.8) is 0 Å². The van der Waals surface area contributed by atoms with E-state index in [-0.39, 0.29) is 12.1 Å². The van der Waals surface area contributed by atoms with Gasteiger partial charge in [-0.15, -0.1) is 0 Å². The van der Waals surface area contributed by atoms with Crippen molar-refractivity contribution in [2.75, 3.05) is 5.32 Å². The Morgan fingerprint density at radius 3 is 1.75 bits per heavy atom. The first-order valence-electron chi connectivity index (χ1n) is 12.1. The number of carbonyl (C=O) groups excluding carboxylic acids is 3. The lowest BCUT2D eigenvalue weighted by Gasteiger charge is -2.29. The minimum atomic E-state index is -0.177. The standard InChI is InChI=1S/C29H28N4O3/c34-19-30-25-9-1-21(2-10-25)17-23-5-13-27(14-6-23)32-29(36)33-28-15-7-24(8-16-28)18-22-3-11-26(12-4-22)31-20-35/h1-6,9-14,24,28H,7-8,15-18H2,(H2,32,33,36). The summed E-state index contributed by atoms with van der Waals surface area (Å²) in [6.07, 6.45) is 8.89. The molecule has 36 heavy (non-hydrogen) atoms. The first-order valence-corrected chi connectivity index (χ1v) is 12.1. The third-order valence-corrected chi connectivity index (χ3v) is 6.55. The van der Waals surface area contributed by atoms with Gasteiger partial charge >= 0.3 is 6.03 Å². The Bertz CT molecular complexity index is 1250. The number of amides is 2. The number of rotatable bonds is 8. The SMILES string of the molecule is O=C=Nc1ccc(Cc2ccc(NC(=O)NC3CCC(Cc4ccc(N=C=O)cc4)CC3)cc2)cc1. The molecule has 2 N–H and O–H groups in total. The van der Waals surface area contributed by atoms with Gasteiger partial charge in [-0.25, -0.2) is 14.4 Å². The first-order chi connectivity index (χ1) is 17.6. The summed E-state index contributed by atoms with van der Waals surface area (Å²) in [5.41, 5.74) is 5.43. The molecule has 1 aliphatic rings. The van der Waals surface area contributed by atoms with Gasteiger partial charge in [0.2, 0.25) is 12.2 Å². The summed E-state index contributed by atoms with van der Waals surface area (Å²) in [6, 6.07) is 23.0. The van der Waals surface area contributed by atoms with E-state index in [0.29, 0.717) is 17.3 Å². The van der Waals surface area contributed by atoms with E-state index in [0.717, 1.165) is 55.3 Å². The van der Waals surface area contributed by atoms with Crippen molar-refractivity contribution >= 4 is 35.3 Å². The Kier molecular flexibility index (Phi) is 8.55. The molecule has 7 heteroatoms. The maximum Gasteiger partial charge on any atom is 0.319 e. The summed E-state index contributed by atoms with van der Waals surface area (Å²) in [5.74, 6) is 0.591. The molecular weight excluding hydrogens is 452 g/mol. The zero-order valence-electron chi connectivity index (χ0n) is 19.9. The van der Waals surface area contributed by atoms with E-state index >= 15 is 0 Å². The third kappa shape index (κ3) is 7.34. The number of urea groups is 1. The van der Waals surface area contributed by atoms with Crippen molar-refractivity contribution in [1.82, 2.24) is 5.32 Å². The van der Waals surface area contributed by atoms with Crippen molar-refractivity contribution < 1.29 is 14.4 Å². The number of nitrogens with one attached hydrogen (secondary N) is 2. The molecule has 0 saturated heterocycles. The zero-order chi connectivity index (χ0) is 25.2. The molecule has 1 fully saturated rings. The third-order valence-electron chi connectivity index (χ3n) is 6.55. The number of isocyanates is 2. The van der Waals surface area contributed by atoms with Crippen LogP contribution in [0.3, 0.4) is 0 Å². The van der Waals surface area contributed by atoms with E-state index in [2.05, 4.69) is 20.6 Å². The maximum absolute atomic E-state index is 12.5. The van der Waals surface area contributed by atoms with Crippen molar-refractivity contribution in [1.29, 1.82) is 0 Å². The first kappa shape index (κ1) is 24.8. The summed E-state index contributed by atoms with van der Waals surface area (Å²) < 4.78 is 0. The minimum Gasteiger partial charge on any atom is -0.335 e. The van der Waals surface area contributed by atoms with Gasteiger partial charge in [-0.3, -0.25) is 0 Å². The van der Waals surface area contributed by atoms with Crippen LogP contribution in [0, 0.1) is 5.92 Å². The van der Waals surface area contributed by atoms with Crippen LogP contribution in [0.1, 0.15) is 42.4 Å². The quantitative estimate of drug-likeness (QED) is 0.299. The molecule has 4 rings (SSSR count). The molecule has 1 saturated carbocycles. The van der Waals surface area contributed by atoms with Gasteiger partial charge < -0.3 is 10.6 Å². The van der Waals surface area contributed by atoms with E-state index in [1.165, 1.54) is 11.6 Å². The fourth-order valence-corrected chi connectivity index (χ4v) is 4.64. The molecule has 0 unspecified atom stereocenters. The number of hydrogen-bond acceptors (Lipinski definition) is 5. The smallest absolute Gasteiger partial charge is 0.319 e. The molecule has 0 bridgehead atoms. The van der Waals surface area contributed by atoms with E-state index in [1.54, 1.807) is 18.2 Å². The molecule has 0 radical (unpaired) electrons. The average Bonchev–Trinajstić information content (AvgIpc) is 2.89. The second-order valence-corrected chi connectivity index (χ2v) is 9.13. The summed E-state index contributed by atoms with van der Waals surface area (Å²) in [4.78, 5) is 40.4. The van der Waals surface area contributed by atoms with Crippen molar-refractivity contribution in [3.8, 4) is 0 Å². The molecule has 3 aromatic rings. The van der Waals surface area contributed by atoms with E-state index in [9.17, 15) is 14.4 Å². The van der Waals surface area contributed by atoms with Gasteiger partial charge in [0, 0.05) is 11.7 Å². The molecule has 3 aromatic carbocycles. The van der Waals surface area contributed by atoms with Gasteiger partial charge in [-0.2, -0.15) is 9.98 Å². The van der Waals surface area contributed by atoms with Crippen LogP contribution in [-0.4, -0.2) is 24.2 Å². The van der Waals surface area contributed by atoms with Crippen molar-refractivity contribution in [3.05, 3.63) is 89.5 Å². The number of nitrogens with zero attached hydrogens (tertiary/aromatic N) is 2. The van der Waals surface area contributed by atoms with Crippen LogP contribution < -0.4 is 10.6 Å². The Morgan fingerprint density at radius 1 is 0.722 bits per heavy atom. The molecule has 0 heterocycles. The van der Waals surface area contributed by atoms with Crippen LogP contribution in [0.25, 0.3) is 0 Å². The van der Waals surface area contributed by atoms with E-state index in [4.69, 9.17) is 0 Å². The highest BCUT2D eigenvalue weighted by Gasteiger charge is 2.22. The zero-order valence-corrected chi connectivity index (χ0v) is 19.9. The van der Waals surface area contributed by atoms with E-state index < -0.39 is 0 Å². The number of aliphatic imine (C=N–C) groups is 2. The predicted octanol–water partition coefficient (Wildman–Crippen LogP) is 6.14. The van der Waals surface area contributed by atoms with Gasteiger partial charge in [0.25, 0.3) is 0 Å². The highest BCUT2D eigenvalue weighted by Crippen LogP contribution is 2.28. The lowest BCUT2D eigenvalue weighted by molar-refractivity contribution is 0.237. The molecule has 182 valence electrons.